The van der Waals surface area contributed by atoms with Gasteiger partial charge in [-0.2, -0.15) is 0 Å². The lowest BCUT2D eigenvalue weighted by atomic mass is 9.93. The lowest BCUT2D eigenvalue weighted by Gasteiger charge is -2.37. The summed E-state index contributed by atoms with van der Waals surface area (Å²) in [6.45, 7) is 3.08. The molecule has 9 heteroatoms. The third kappa shape index (κ3) is 6.24. The third-order valence-corrected chi connectivity index (χ3v) is 5.26. The fourth-order valence-corrected chi connectivity index (χ4v) is 3.61. The fraction of sp³-hybridized carbons (Fsp3) is 0.632. The monoisotopic (exact) mass is 412 g/mol. The normalized spacial score (nSPS) is 22.2. The van der Waals surface area contributed by atoms with E-state index in [2.05, 4.69) is 19.9 Å². The van der Waals surface area contributed by atoms with Crippen LogP contribution in [0.3, 0.4) is 0 Å². The number of esters is 1. The molecule has 0 radical (unpaired) electrons. The SMILES string of the molecule is COC(=O)COC1CCC(NC(=O)N2CCN(c3ccncc3)CC2)CC1.Cl. The van der Waals surface area contributed by atoms with Gasteiger partial charge in [0.25, 0.3) is 0 Å². The standard InChI is InChI=1S/C19H28N4O4.ClH/c1-26-18(24)14-27-17-4-2-15(3-5-17)21-19(25)23-12-10-22(11-13-23)16-6-8-20-9-7-16;/h6-9,15,17H,2-5,10-14H2,1H3,(H,21,25);1H. The van der Waals surface area contributed by atoms with Crippen LogP contribution in [0.25, 0.3) is 0 Å². The molecule has 2 fully saturated rings. The largest absolute Gasteiger partial charge is 0.467 e. The van der Waals surface area contributed by atoms with Gasteiger partial charge in [-0.25, -0.2) is 9.59 Å². The molecular weight excluding hydrogens is 384 g/mol. The zero-order chi connectivity index (χ0) is 19.1. The van der Waals surface area contributed by atoms with Gasteiger partial charge >= 0.3 is 12.0 Å². The van der Waals surface area contributed by atoms with E-state index in [1.165, 1.54) is 7.11 Å². The summed E-state index contributed by atoms with van der Waals surface area (Å²) >= 11 is 0. The number of aromatic nitrogens is 1. The van der Waals surface area contributed by atoms with Gasteiger partial charge in [-0.1, -0.05) is 0 Å². The first-order valence-electron chi connectivity index (χ1n) is 9.54. The van der Waals surface area contributed by atoms with Crippen molar-refractivity contribution in [3.63, 3.8) is 0 Å². The van der Waals surface area contributed by atoms with Gasteiger partial charge in [0.15, 0.2) is 0 Å². The number of methoxy groups -OCH3 is 1. The molecule has 3 rings (SSSR count). The van der Waals surface area contributed by atoms with E-state index in [-0.39, 0.29) is 43.2 Å². The van der Waals surface area contributed by atoms with Crippen molar-refractivity contribution in [2.45, 2.75) is 37.8 Å². The number of piperazine rings is 1. The summed E-state index contributed by atoms with van der Waals surface area (Å²) < 4.78 is 10.1. The number of ether oxygens (including phenoxy) is 2. The van der Waals surface area contributed by atoms with E-state index in [4.69, 9.17) is 4.74 Å². The van der Waals surface area contributed by atoms with Crippen molar-refractivity contribution >= 4 is 30.1 Å². The zero-order valence-electron chi connectivity index (χ0n) is 16.2. The molecule has 1 saturated carbocycles. The second kappa shape index (κ2) is 11.1. The number of rotatable bonds is 5. The van der Waals surface area contributed by atoms with Crippen LogP contribution in [-0.4, -0.2) is 73.9 Å². The summed E-state index contributed by atoms with van der Waals surface area (Å²) in [7, 11) is 1.36. The molecule has 0 spiro atoms. The lowest BCUT2D eigenvalue weighted by Crippen LogP contribution is -2.54. The van der Waals surface area contributed by atoms with Gasteiger partial charge < -0.3 is 24.6 Å². The second-order valence-electron chi connectivity index (χ2n) is 6.99. The Morgan fingerprint density at radius 3 is 2.36 bits per heavy atom. The molecule has 28 heavy (non-hydrogen) atoms. The Bertz CT molecular complexity index is 618. The van der Waals surface area contributed by atoms with Crippen molar-refractivity contribution in [1.82, 2.24) is 15.2 Å². The maximum absolute atomic E-state index is 12.5. The number of carbonyl (C=O) groups excluding carboxylic acids is 2. The maximum atomic E-state index is 12.5. The molecule has 0 bridgehead atoms. The number of hydrogen-bond acceptors (Lipinski definition) is 6. The van der Waals surface area contributed by atoms with Crippen LogP contribution in [0, 0.1) is 0 Å². The number of hydrogen-bond donors (Lipinski definition) is 1. The number of halogens is 1. The molecule has 2 heterocycles. The number of amides is 2. The maximum Gasteiger partial charge on any atom is 0.331 e. The zero-order valence-corrected chi connectivity index (χ0v) is 17.0. The number of pyridine rings is 1. The van der Waals surface area contributed by atoms with E-state index in [1.54, 1.807) is 12.4 Å². The summed E-state index contributed by atoms with van der Waals surface area (Å²) in [5.74, 6) is -0.351. The van der Waals surface area contributed by atoms with Crippen LogP contribution in [0.4, 0.5) is 10.5 Å². The molecule has 1 N–H and O–H groups in total. The smallest absolute Gasteiger partial charge is 0.331 e. The van der Waals surface area contributed by atoms with Crippen LogP contribution in [-0.2, 0) is 14.3 Å². The van der Waals surface area contributed by atoms with Crippen molar-refractivity contribution in [3.05, 3.63) is 24.5 Å². The van der Waals surface area contributed by atoms with Gasteiger partial charge in [-0.3, -0.25) is 4.98 Å². The number of anilines is 1. The Morgan fingerprint density at radius 1 is 1.11 bits per heavy atom. The Balaban J connectivity index is 0.00000280. The topological polar surface area (TPSA) is 84.0 Å². The van der Waals surface area contributed by atoms with Gasteiger partial charge in [0.2, 0.25) is 0 Å². The summed E-state index contributed by atoms with van der Waals surface area (Å²) in [4.78, 5) is 31.9. The number of nitrogens with zero attached hydrogens (tertiary/aromatic N) is 3. The first kappa shape index (κ1) is 22.2. The van der Waals surface area contributed by atoms with E-state index >= 15 is 0 Å². The number of urea groups is 1. The van der Waals surface area contributed by atoms with Crippen molar-refractivity contribution < 1.29 is 19.1 Å². The molecule has 1 aliphatic heterocycles. The van der Waals surface area contributed by atoms with E-state index in [0.717, 1.165) is 44.5 Å². The van der Waals surface area contributed by atoms with Gasteiger partial charge in [0.05, 0.1) is 13.2 Å². The summed E-state index contributed by atoms with van der Waals surface area (Å²) in [6, 6.07) is 4.18. The van der Waals surface area contributed by atoms with Gasteiger partial charge in [0, 0.05) is 50.3 Å². The first-order valence-corrected chi connectivity index (χ1v) is 9.54. The van der Waals surface area contributed by atoms with Crippen molar-refractivity contribution in [1.29, 1.82) is 0 Å². The molecule has 1 aromatic rings. The Kier molecular flexibility index (Phi) is 8.79. The average Bonchev–Trinajstić information content (AvgIpc) is 2.73. The second-order valence-corrected chi connectivity index (χ2v) is 6.99. The molecule has 0 atom stereocenters. The van der Waals surface area contributed by atoms with Crippen LogP contribution in [0.2, 0.25) is 0 Å². The van der Waals surface area contributed by atoms with Crippen LogP contribution < -0.4 is 10.2 Å². The van der Waals surface area contributed by atoms with Crippen LogP contribution in [0.15, 0.2) is 24.5 Å². The predicted molar refractivity (Wildman–Crippen MR) is 108 cm³/mol. The Labute approximate surface area is 172 Å². The third-order valence-electron chi connectivity index (χ3n) is 5.26. The number of nitrogens with one attached hydrogen (secondary N) is 1. The van der Waals surface area contributed by atoms with Crippen LogP contribution in [0.1, 0.15) is 25.7 Å². The lowest BCUT2D eigenvalue weighted by molar-refractivity contribution is -0.148. The molecule has 156 valence electrons. The molecule has 1 aliphatic carbocycles. The minimum absolute atomic E-state index is 0. The van der Waals surface area contributed by atoms with E-state index in [0.29, 0.717) is 13.1 Å². The molecule has 2 aliphatic rings. The molecule has 0 unspecified atom stereocenters. The highest BCUT2D eigenvalue weighted by Crippen LogP contribution is 2.22. The average molecular weight is 413 g/mol. The highest BCUT2D eigenvalue weighted by Gasteiger charge is 2.27. The molecule has 0 aromatic carbocycles. The minimum atomic E-state index is -0.351. The molecule has 1 aromatic heterocycles. The van der Waals surface area contributed by atoms with Crippen LogP contribution in [0.5, 0.6) is 0 Å². The van der Waals surface area contributed by atoms with Crippen molar-refractivity contribution in [3.8, 4) is 0 Å². The molecular formula is C19H29ClN4O4. The van der Waals surface area contributed by atoms with E-state index in [1.807, 2.05) is 17.0 Å². The van der Waals surface area contributed by atoms with Crippen molar-refractivity contribution in [2.75, 3.05) is 44.8 Å². The minimum Gasteiger partial charge on any atom is -0.467 e. The molecule has 1 saturated heterocycles. The quantitative estimate of drug-likeness (QED) is 0.743. The van der Waals surface area contributed by atoms with Gasteiger partial charge in [-0.05, 0) is 37.8 Å². The molecule has 8 nitrogen and oxygen atoms in total. The van der Waals surface area contributed by atoms with Gasteiger partial charge in [0.1, 0.15) is 6.61 Å². The number of carbonyl (C=O) groups is 2. The van der Waals surface area contributed by atoms with E-state index < -0.39 is 0 Å². The first-order chi connectivity index (χ1) is 13.2. The predicted octanol–water partition coefficient (Wildman–Crippen LogP) is 1.84. The summed E-state index contributed by atoms with van der Waals surface area (Å²) in [6.07, 6.45) is 7.08. The van der Waals surface area contributed by atoms with Crippen molar-refractivity contribution in [2.24, 2.45) is 0 Å². The summed E-state index contributed by atoms with van der Waals surface area (Å²) in [5.41, 5.74) is 1.15. The van der Waals surface area contributed by atoms with Crippen LogP contribution >= 0.6 is 12.4 Å². The fourth-order valence-electron chi connectivity index (χ4n) is 3.61. The highest BCUT2D eigenvalue weighted by atomic mass is 35.5. The Hall–Kier alpha value is -2.06. The van der Waals surface area contributed by atoms with E-state index in [9.17, 15) is 9.59 Å². The highest BCUT2D eigenvalue weighted by molar-refractivity contribution is 5.85. The summed E-state index contributed by atoms with van der Waals surface area (Å²) in [5, 5.41) is 3.15. The molecule has 2 amide bonds. The Morgan fingerprint density at radius 2 is 1.75 bits per heavy atom. The van der Waals surface area contributed by atoms with Gasteiger partial charge in [-0.15, -0.1) is 12.4 Å².